The lowest BCUT2D eigenvalue weighted by atomic mass is 10.1. The Labute approximate surface area is 327 Å². The van der Waals surface area contributed by atoms with Crippen molar-refractivity contribution in [2.45, 2.75) is 0 Å². The molecule has 6 heteroatoms. The van der Waals surface area contributed by atoms with E-state index in [1.807, 2.05) is 60.7 Å². The second kappa shape index (κ2) is 12.3. The minimum absolute atomic E-state index is 0.620. The minimum Gasteiger partial charge on any atom is -0.307 e. The molecule has 6 nitrogen and oxygen atoms in total. The molecule has 0 aliphatic heterocycles. The van der Waals surface area contributed by atoms with Crippen molar-refractivity contribution < 1.29 is 0 Å². The summed E-state index contributed by atoms with van der Waals surface area (Å²) < 4.78 is 7.28. The second-order valence-corrected chi connectivity index (χ2v) is 14.5. The topological polar surface area (TPSA) is 53.5 Å². The highest BCUT2D eigenvalue weighted by Gasteiger charge is 2.23. The molecule has 0 saturated carbocycles. The summed E-state index contributed by atoms with van der Waals surface area (Å²) in [6.07, 6.45) is 0. The molecule has 0 N–H and O–H groups in total. The van der Waals surface area contributed by atoms with Crippen molar-refractivity contribution in [1.82, 2.24) is 28.9 Å². The van der Waals surface area contributed by atoms with Crippen LogP contribution in [0.3, 0.4) is 0 Å². The van der Waals surface area contributed by atoms with Gasteiger partial charge in [0.15, 0.2) is 17.5 Å². The largest absolute Gasteiger partial charge is 0.307 e. The van der Waals surface area contributed by atoms with Crippen LogP contribution in [0, 0.1) is 0 Å². The third-order valence-electron chi connectivity index (χ3n) is 11.3. The molecule has 0 unspecified atom stereocenters. The smallest absolute Gasteiger partial charge is 0.164 e. The van der Waals surface area contributed by atoms with Crippen molar-refractivity contribution in [2.75, 3.05) is 0 Å². The quantitative estimate of drug-likeness (QED) is 0.177. The van der Waals surface area contributed by atoms with Crippen molar-refractivity contribution in [1.29, 1.82) is 0 Å². The van der Waals surface area contributed by atoms with Gasteiger partial charge in [-0.15, -0.1) is 0 Å². The first-order chi connectivity index (χ1) is 28.3. The fraction of sp³-hybridized carbons (Fsp3) is 0. The van der Waals surface area contributed by atoms with Gasteiger partial charge in [0, 0.05) is 54.7 Å². The molecule has 4 aromatic heterocycles. The average Bonchev–Trinajstić information content (AvgIpc) is 3.92. The maximum Gasteiger partial charge on any atom is 0.164 e. The predicted octanol–water partition coefficient (Wildman–Crippen LogP) is 12.5. The maximum absolute atomic E-state index is 5.09. The van der Waals surface area contributed by atoms with Crippen LogP contribution in [0.25, 0.3) is 105 Å². The molecular formula is C51H32N6. The van der Waals surface area contributed by atoms with E-state index in [9.17, 15) is 0 Å². The van der Waals surface area contributed by atoms with Gasteiger partial charge >= 0.3 is 0 Å². The molecule has 0 aliphatic rings. The van der Waals surface area contributed by atoms with E-state index >= 15 is 0 Å². The Morgan fingerprint density at radius 3 is 1.25 bits per heavy atom. The predicted molar refractivity (Wildman–Crippen MR) is 234 cm³/mol. The molecule has 0 saturated heterocycles. The summed E-state index contributed by atoms with van der Waals surface area (Å²) in [5, 5.41) is 7.22. The number of rotatable bonds is 5. The molecular weight excluding hydrogens is 697 g/mol. The normalized spacial score (nSPS) is 11.9. The zero-order valence-corrected chi connectivity index (χ0v) is 30.7. The molecule has 8 aromatic carbocycles. The molecule has 266 valence electrons. The van der Waals surface area contributed by atoms with Crippen molar-refractivity contribution in [3.63, 3.8) is 0 Å². The molecule has 12 rings (SSSR count). The van der Waals surface area contributed by atoms with Crippen molar-refractivity contribution in [3.05, 3.63) is 194 Å². The van der Waals surface area contributed by atoms with Crippen LogP contribution < -0.4 is 0 Å². The highest BCUT2D eigenvalue weighted by atomic mass is 15.5. The number of aromatic nitrogens is 6. The van der Waals surface area contributed by atoms with Gasteiger partial charge in [-0.2, -0.15) is 0 Å². The Morgan fingerprint density at radius 1 is 0.281 bits per heavy atom. The van der Waals surface area contributed by atoms with E-state index in [-0.39, 0.29) is 0 Å². The number of nitrogens with zero attached hydrogens (tertiary/aromatic N) is 6. The summed E-state index contributed by atoms with van der Waals surface area (Å²) in [7, 11) is 0. The molecule has 4 heterocycles. The van der Waals surface area contributed by atoms with Crippen LogP contribution in [0.15, 0.2) is 194 Å². The summed E-state index contributed by atoms with van der Waals surface area (Å²) in [6, 6.07) is 68.5. The molecule has 57 heavy (non-hydrogen) atoms. The Morgan fingerprint density at radius 2 is 0.684 bits per heavy atom. The first kappa shape index (κ1) is 31.5. The van der Waals surface area contributed by atoms with Crippen molar-refractivity contribution in [3.8, 4) is 39.9 Å². The summed E-state index contributed by atoms with van der Waals surface area (Å²) in [6.45, 7) is 0. The maximum atomic E-state index is 5.09. The standard InChI is InChI=1S/C51H32N6/c1-3-16-33(17-4-1)49-52-50(34-18-5-2-6-19-34)54-51(53-49)35-20-15-21-36(32-35)55-43-26-11-7-24-39(43)41-30-31-42-40-25-10-14-29-46(40)57(48(42)47(41)55)56-44-27-12-8-22-37(44)38-23-9-13-28-45(38)56/h1-32H. The van der Waals surface area contributed by atoms with Gasteiger partial charge in [-0.3, -0.25) is 0 Å². The zero-order valence-electron chi connectivity index (χ0n) is 30.7. The summed E-state index contributed by atoms with van der Waals surface area (Å²) in [5.74, 6) is 1.90. The first-order valence-corrected chi connectivity index (χ1v) is 19.2. The molecule has 0 spiro atoms. The van der Waals surface area contributed by atoms with Gasteiger partial charge in [-0.1, -0.05) is 158 Å². The Balaban J connectivity index is 1.18. The van der Waals surface area contributed by atoms with Crippen LogP contribution in [0.4, 0.5) is 0 Å². The van der Waals surface area contributed by atoms with Crippen LogP contribution >= 0.6 is 0 Å². The highest BCUT2D eigenvalue weighted by molar-refractivity contribution is 6.23. The van der Waals surface area contributed by atoms with Gasteiger partial charge in [-0.05, 0) is 36.4 Å². The van der Waals surface area contributed by atoms with E-state index in [0.717, 1.165) is 55.5 Å². The summed E-state index contributed by atoms with van der Waals surface area (Å²) >= 11 is 0. The molecule has 0 fully saturated rings. The van der Waals surface area contributed by atoms with Gasteiger partial charge in [-0.25, -0.2) is 24.3 Å². The lowest BCUT2D eigenvalue weighted by Crippen LogP contribution is -2.09. The van der Waals surface area contributed by atoms with Gasteiger partial charge < -0.3 is 4.57 Å². The van der Waals surface area contributed by atoms with Gasteiger partial charge in [0.1, 0.15) is 0 Å². The van der Waals surface area contributed by atoms with Crippen LogP contribution in [0.5, 0.6) is 0 Å². The van der Waals surface area contributed by atoms with Gasteiger partial charge in [0.2, 0.25) is 0 Å². The number of benzene rings is 8. The number of fused-ring (bicyclic) bond motifs is 10. The summed E-state index contributed by atoms with van der Waals surface area (Å²) in [5.41, 5.74) is 10.7. The lowest BCUT2D eigenvalue weighted by Gasteiger charge is -2.16. The van der Waals surface area contributed by atoms with Gasteiger partial charge in [0.25, 0.3) is 0 Å². The molecule has 0 radical (unpaired) electrons. The monoisotopic (exact) mass is 728 g/mol. The first-order valence-electron chi connectivity index (χ1n) is 19.2. The fourth-order valence-corrected chi connectivity index (χ4v) is 8.79. The summed E-state index contributed by atoms with van der Waals surface area (Å²) in [4.78, 5) is 15.1. The third-order valence-corrected chi connectivity index (χ3v) is 11.3. The molecule has 12 aromatic rings. The Hall–Kier alpha value is -7.83. The molecule has 0 bridgehead atoms. The minimum atomic E-state index is 0.620. The van der Waals surface area contributed by atoms with Crippen molar-refractivity contribution in [2.24, 2.45) is 0 Å². The fourth-order valence-electron chi connectivity index (χ4n) is 8.79. The van der Waals surface area contributed by atoms with E-state index in [1.54, 1.807) is 0 Å². The number of hydrogen-bond acceptors (Lipinski definition) is 3. The van der Waals surface area contributed by atoms with Crippen LogP contribution in [0.1, 0.15) is 0 Å². The third kappa shape index (κ3) is 4.74. The van der Waals surface area contributed by atoms with Crippen molar-refractivity contribution >= 4 is 65.4 Å². The number of para-hydroxylation sites is 4. The molecule has 0 aliphatic carbocycles. The van der Waals surface area contributed by atoms with Crippen LogP contribution in [0.2, 0.25) is 0 Å². The van der Waals surface area contributed by atoms with Crippen LogP contribution in [-0.2, 0) is 0 Å². The van der Waals surface area contributed by atoms with E-state index in [4.69, 9.17) is 15.0 Å². The van der Waals surface area contributed by atoms with E-state index in [2.05, 4.69) is 147 Å². The highest BCUT2D eigenvalue weighted by Crippen LogP contribution is 2.42. The van der Waals surface area contributed by atoms with Crippen LogP contribution in [-0.4, -0.2) is 28.9 Å². The number of hydrogen-bond donors (Lipinski definition) is 0. The average molecular weight is 729 g/mol. The van der Waals surface area contributed by atoms with E-state index in [1.165, 1.54) is 32.3 Å². The Bertz CT molecular complexity index is 3410. The second-order valence-electron chi connectivity index (χ2n) is 14.5. The Kier molecular flexibility index (Phi) is 6.83. The van der Waals surface area contributed by atoms with E-state index < -0.39 is 0 Å². The molecule has 0 amide bonds. The lowest BCUT2D eigenvalue weighted by molar-refractivity contribution is 0.776. The van der Waals surface area contributed by atoms with E-state index in [0.29, 0.717) is 17.5 Å². The molecule has 0 atom stereocenters. The van der Waals surface area contributed by atoms with Gasteiger partial charge in [0.05, 0.1) is 33.1 Å². The SMILES string of the molecule is c1ccc(-c2nc(-c3ccccc3)nc(-c3cccc(-n4c5ccccc5c5ccc6c7ccccc7n(-n7c8ccccc8c8ccccc87)c6c54)c3)n2)cc1. The zero-order chi connectivity index (χ0) is 37.5.